The van der Waals surface area contributed by atoms with Crippen LogP contribution in [0.3, 0.4) is 0 Å². The van der Waals surface area contributed by atoms with Gasteiger partial charge in [0.2, 0.25) is 0 Å². The zero-order chi connectivity index (χ0) is 12.5. The van der Waals surface area contributed by atoms with Crippen LogP contribution in [0.4, 0.5) is 13.2 Å². The van der Waals surface area contributed by atoms with E-state index in [4.69, 9.17) is 0 Å². The number of hydrogen-bond acceptors (Lipinski definition) is 1. The first-order valence-electron chi connectivity index (χ1n) is 4.76. The Bertz CT molecular complexity index is 537. The molecule has 1 heterocycles. The smallest absolute Gasteiger partial charge is 0.255 e. The van der Waals surface area contributed by atoms with E-state index in [9.17, 15) is 13.2 Å². The minimum atomic E-state index is -4.32. The minimum absolute atomic E-state index is 0.477. The van der Waals surface area contributed by atoms with Crippen molar-refractivity contribution in [3.63, 3.8) is 0 Å². The second kappa shape index (κ2) is 4.64. The maximum atomic E-state index is 12.6. The third kappa shape index (κ3) is 2.77. The molecule has 5 heteroatoms. The lowest BCUT2D eigenvalue weighted by Crippen LogP contribution is -2.04. The summed E-state index contributed by atoms with van der Waals surface area (Å²) in [7, 11) is 0. The van der Waals surface area contributed by atoms with Crippen LogP contribution in [0.5, 0.6) is 0 Å². The van der Waals surface area contributed by atoms with Crippen LogP contribution in [0, 0.1) is 3.57 Å². The number of alkyl halides is 3. The first-order valence-corrected chi connectivity index (χ1v) is 5.84. The summed E-state index contributed by atoms with van der Waals surface area (Å²) in [5.41, 5.74) is 0.389. The molecule has 0 saturated carbocycles. The number of halogens is 4. The Morgan fingerprint density at radius 2 is 1.82 bits per heavy atom. The highest BCUT2D eigenvalue weighted by Crippen LogP contribution is 2.32. The quantitative estimate of drug-likeness (QED) is 0.697. The van der Waals surface area contributed by atoms with Gasteiger partial charge in [0.15, 0.2) is 0 Å². The van der Waals surface area contributed by atoms with Gasteiger partial charge in [0, 0.05) is 15.3 Å². The molecule has 0 amide bonds. The molecule has 0 radical (unpaired) electrons. The van der Waals surface area contributed by atoms with Crippen molar-refractivity contribution in [2.24, 2.45) is 0 Å². The van der Waals surface area contributed by atoms with Gasteiger partial charge in [0.25, 0.3) is 0 Å². The third-order valence-electron chi connectivity index (χ3n) is 2.22. The molecule has 0 aliphatic heterocycles. The van der Waals surface area contributed by atoms with Gasteiger partial charge >= 0.3 is 6.18 Å². The fraction of sp³-hybridized carbons (Fsp3) is 0.0833. The van der Waals surface area contributed by atoms with E-state index in [0.717, 1.165) is 15.7 Å². The first kappa shape index (κ1) is 12.3. The molecule has 1 aromatic heterocycles. The standard InChI is InChI=1S/C12H7F3IN/c13-12(14,15)9-4-1-3-8(7-9)11-10(16)5-2-6-17-11/h1-7H. The highest BCUT2D eigenvalue weighted by molar-refractivity contribution is 14.1. The number of aromatic nitrogens is 1. The lowest BCUT2D eigenvalue weighted by Gasteiger charge is -2.09. The second-order valence-corrected chi connectivity index (χ2v) is 4.57. The number of nitrogens with zero attached hydrogens (tertiary/aromatic N) is 1. The van der Waals surface area contributed by atoms with Gasteiger partial charge in [0.05, 0.1) is 11.3 Å². The largest absolute Gasteiger partial charge is 0.416 e. The second-order valence-electron chi connectivity index (χ2n) is 3.41. The molecular weight excluding hydrogens is 342 g/mol. The Morgan fingerprint density at radius 3 is 2.47 bits per heavy atom. The van der Waals surface area contributed by atoms with Crippen LogP contribution in [-0.2, 0) is 6.18 Å². The van der Waals surface area contributed by atoms with E-state index in [1.54, 1.807) is 18.3 Å². The Balaban J connectivity index is 2.51. The van der Waals surface area contributed by atoms with Gasteiger partial charge < -0.3 is 0 Å². The van der Waals surface area contributed by atoms with Crippen LogP contribution >= 0.6 is 22.6 Å². The molecule has 2 rings (SSSR count). The third-order valence-corrected chi connectivity index (χ3v) is 3.09. The van der Waals surface area contributed by atoms with Crippen LogP contribution in [0.25, 0.3) is 11.3 Å². The number of rotatable bonds is 1. The average molecular weight is 349 g/mol. The van der Waals surface area contributed by atoms with Crippen molar-refractivity contribution in [2.75, 3.05) is 0 Å². The van der Waals surface area contributed by atoms with Crippen molar-refractivity contribution >= 4 is 22.6 Å². The van der Waals surface area contributed by atoms with Crippen molar-refractivity contribution in [3.8, 4) is 11.3 Å². The number of benzene rings is 1. The monoisotopic (exact) mass is 349 g/mol. The average Bonchev–Trinajstić information content (AvgIpc) is 2.29. The highest BCUT2D eigenvalue weighted by Gasteiger charge is 2.30. The van der Waals surface area contributed by atoms with Gasteiger partial charge in [-0.2, -0.15) is 13.2 Å². The fourth-order valence-corrected chi connectivity index (χ4v) is 2.10. The van der Waals surface area contributed by atoms with E-state index in [0.29, 0.717) is 11.3 Å². The summed E-state index contributed by atoms with van der Waals surface area (Å²) < 4.78 is 38.5. The van der Waals surface area contributed by atoms with E-state index in [2.05, 4.69) is 27.6 Å². The highest BCUT2D eigenvalue weighted by atomic mass is 127. The van der Waals surface area contributed by atoms with Crippen LogP contribution in [-0.4, -0.2) is 4.98 Å². The van der Waals surface area contributed by atoms with Gasteiger partial charge in [-0.05, 0) is 46.9 Å². The van der Waals surface area contributed by atoms with Gasteiger partial charge in [-0.1, -0.05) is 12.1 Å². The van der Waals surface area contributed by atoms with E-state index in [1.807, 2.05) is 6.07 Å². The zero-order valence-corrected chi connectivity index (χ0v) is 10.7. The molecular formula is C12H7F3IN. The van der Waals surface area contributed by atoms with Crippen molar-refractivity contribution in [2.45, 2.75) is 6.18 Å². The van der Waals surface area contributed by atoms with Gasteiger partial charge in [-0.15, -0.1) is 0 Å². The minimum Gasteiger partial charge on any atom is -0.255 e. The SMILES string of the molecule is FC(F)(F)c1cccc(-c2ncccc2I)c1. The molecule has 0 aliphatic rings. The molecule has 1 nitrogen and oxygen atoms in total. The summed E-state index contributed by atoms with van der Waals surface area (Å²) in [4.78, 5) is 4.10. The molecule has 1 aromatic carbocycles. The lowest BCUT2D eigenvalue weighted by atomic mass is 10.1. The van der Waals surface area contributed by atoms with Crippen LogP contribution in [0.1, 0.15) is 5.56 Å². The summed E-state index contributed by atoms with van der Waals surface area (Å²) in [5, 5.41) is 0. The fourth-order valence-electron chi connectivity index (χ4n) is 1.44. The predicted molar refractivity (Wildman–Crippen MR) is 67.4 cm³/mol. The Morgan fingerprint density at radius 1 is 1.06 bits per heavy atom. The summed E-state index contributed by atoms with van der Waals surface area (Å²) in [6, 6.07) is 8.74. The molecule has 0 bridgehead atoms. The van der Waals surface area contributed by atoms with Crippen molar-refractivity contribution in [3.05, 3.63) is 51.7 Å². The summed E-state index contributed by atoms with van der Waals surface area (Å²) in [6.45, 7) is 0. The molecule has 0 saturated heterocycles. The molecule has 0 N–H and O–H groups in total. The van der Waals surface area contributed by atoms with Gasteiger partial charge in [-0.25, -0.2) is 0 Å². The molecule has 0 unspecified atom stereocenters. The van der Waals surface area contributed by atoms with E-state index >= 15 is 0 Å². The predicted octanol–water partition coefficient (Wildman–Crippen LogP) is 4.37. The molecule has 88 valence electrons. The lowest BCUT2D eigenvalue weighted by molar-refractivity contribution is -0.137. The Kier molecular flexibility index (Phi) is 3.37. The topological polar surface area (TPSA) is 12.9 Å². The molecule has 0 aliphatic carbocycles. The Labute approximate surface area is 110 Å². The summed E-state index contributed by atoms with van der Waals surface area (Å²) >= 11 is 2.05. The van der Waals surface area contributed by atoms with E-state index in [-0.39, 0.29) is 0 Å². The number of hydrogen-bond donors (Lipinski definition) is 0. The van der Waals surface area contributed by atoms with Crippen LogP contribution < -0.4 is 0 Å². The van der Waals surface area contributed by atoms with Gasteiger partial charge in [0.1, 0.15) is 0 Å². The van der Waals surface area contributed by atoms with Crippen molar-refractivity contribution in [1.82, 2.24) is 4.98 Å². The maximum Gasteiger partial charge on any atom is 0.416 e. The normalized spacial score (nSPS) is 11.5. The van der Waals surface area contributed by atoms with Crippen molar-refractivity contribution < 1.29 is 13.2 Å². The first-order chi connectivity index (χ1) is 7.98. The van der Waals surface area contributed by atoms with Crippen LogP contribution in [0.15, 0.2) is 42.6 Å². The summed E-state index contributed by atoms with van der Waals surface area (Å²) in [5.74, 6) is 0. The van der Waals surface area contributed by atoms with Crippen molar-refractivity contribution in [1.29, 1.82) is 0 Å². The summed E-state index contributed by atoms with van der Waals surface area (Å²) in [6.07, 6.45) is -2.76. The Hall–Kier alpha value is -1.11. The molecule has 0 fully saturated rings. The van der Waals surface area contributed by atoms with E-state index in [1.165, 1.54) is 6.07 Å². The molecule has 0 atom stereocenters. The number of pyridine rings is 1. The molecule has 2 aromatic rings. The molecule has 0 spiro atoms. The molecule has 17 heavy (non-hydrogen) atoms. The maximum absolute atomic E-state index is 12.6. The zero-order valence-electron chi connectivity index (χ0n) is 8.50. The van der Waals surface area contributed by atoms with Gasteiger partial charge in [-0.3, -0.25) is 4.98 Å². The van der Waals surface area contributed by atoms with E-state index < -0.39 is 11.7 Å². The van der Waals surface area contributed by atoms with Crippen LogP contribution in [0.2, 0.25) is 0 Å².